The van der Waals surface area contributed by atoms with E-state index >= 15 is 0 Å². The van der Waals surface area contributed by atoms with Crippen LogP contribution in [0.5, 0.6) is 5.75 Å². The number of aryl methyl sites for hydroxylation is 2. The summed E-state index contributed by atoms with van der Waals surface area (Å²) in [7, 11) is 0. The highest BCUT2D eigenvalue weighted by molar-refractivity contribution is 7.21. The molecule has 10 heteroatoms. The molecule has 33 heavy (non-hydrogen) atoms. The summed E-state index contributed by atoms with van der Waals surface area (Å²) in [5.41, 5.74) is 6.63. The Morgan fingerprint density at radius 3 is 2.70 bits per heavy atom. The minimum atomic E-state index is -2.77. The van der Waals surface area contributed by atoms with Crippen molar-refractivity contribution in [3.8, 4) is 5.75 Å². The largest absolute Gasteiger partial charge is 0.486 e. The van der Waals surface area contributed by atoms with E-state index in [1.807, 2.05) is 31.2 Å². The molecule has 0 saturated carbocycles. The number of anilines is 1. The SMILES string of the molecule is Cc1cccc(OCc2ccc(C(=O)Nc3c(C(N)=O)sc4nc(C(F)F)cc(C)c34)o2)c1. The van der Waals surface area contributed by atoms with Gasteiger partial charge < -0.3 is 20.2 Å². The number of benzene rings is 1. The van der Waals surface area contributed by atoms with Gasteiger partial charge in [0.15, 0.2) is 5.76 Å². The predicted octanol–water partition coefficient (Wildman–Crippen LogP) is 5.37. The highest BCUT2D eigenvalue weighted by Gasteiger charge is 2.24. The maximum Gasteiger partial charge on any atom is 0.291 e. The van der Waals surface area contributed by atoms with Gasteiger partial charge in [0, 0.05) is 5.39 Å². The van der Waals surface area contributed by atoms with Gasteiger partial charge in [-0.2, -0.15) is 0 Å². The zero-order valence-corrected chi connectivity index (χ0v) is 18.5. The lowest BCUT2D eigenvalue weighted by atomic mass is 10.1. The Morgan fingerprint density at radius 2 is 2.00 bits per heavy atom. The quantitative estimate of drug-likeness (QED) is 0.377. The van der Waals surface area contributed by atoms with Crippen LogP contribution in [0.1, 0.15) is 49.2 Å². The number of primary amides is 1. The first-order chi connectivity index (χ1) is 15.7. The molecule has 3 N–H and O–H groups in total. The first kappa shape index (κ1) is 22.4. The van der Waals surface area contributed by atoms with E-state index in [4.69, 9.17) is 14.9 Å². The minimum absolute atomic E-state index is 0.00919. The molecule has 0 fully saturated rings. The number of hydrogen-bond acceptors (Lipinski definition) is 6. The number of carbonyl (C=O) groups excluding carboxylic acids is 2. The van der Waals surface area contributed by atoms with Crippen molar-refractivity contribution in [2.24, 2.45) is 5.73 Å². The number of ether oxygens (including phenoxy) is 1. The molecular weight excluding hydrogens is 452 g/mol. The van der Waals surface area contributed by atoms with Gasteiger partial charge in [-0.25, -0.2) is 13.8 Å². The van der Waals surface area contributed by atoms with Crippen molar-refractivity contribution in [3.63, 3.8) is 0 Å². The van der Waals surface area contributed by atoms with E-state index < -0.39 is 23.9 Å². The number of hydrogen-bond donors (Lipinski definition) is 2. The van der Waals surface area contributed by atoms with Crippen molar-refractivity contribution in [3.05, 3.63) is 75.7 Å². The van der Waals surface area contributed by atoms with Crippen molar-refractivity contribution in [1.82, 2.24) is 4.98 Å². The zero-order chi connectivity index (χ0) is 23.7. The summed E-state index contributed by atoms with van der Waals surface area (Å²) in [5, 5.41) is 3.00. The molecule has 3 aromatic heterocycles. The number of alkyl halides is 2. The Balaban J connectivity index is 1.57. The second kappa shape index (κ2) is 8.99. The topological polar surface area (TPSA) is 107 Å². The molecule has 0 saturated heterocycles. The third kappa shape index (κ3) is 4.70. The third-order valence-electron chi connectivity index (χ3n) is 4.82. The van der Waals surface area contributed by atoms with E-state index in [0.29, 0.717) is 22.5 Å². The second-order valence-electron chi connectivity index (χ2n) is 7.34. The number of furan rings is 1. The van der Waals surface area contributed by atoms with Gasteiger partial charge in [-0.15, -0.1) is 11.3 Å². The van der Waals surface area contributed by atoms with Gasteiger partial charge >= 0.3 is 0 Å². The van der Waals surface area contributed by atoms with Crippen molar-refractivity contribution in [1.29, 1.82) is 0 Å². The lowest BCUT2D eigenvalue weighted by molar-refractivity contribution is 0.0992. The maximum atomic E-state index is 13.1. The average Bonchev–Trinajstić information content (AvgIpc) is 3.37. The normalized spacial score (nSPS) is 11.2. The number of fused-ring (bicyclic) bond motifs is 1. The average molecular weight is 471 g/mol. The summed E-state index contributed by atoms with van der Waals surface area (Å²) < 4.78 is 37.5. The first-order valence-electron chi connectivity index (χ1n) is 9.84. The number of nitrogens with one attached hydrogen (secondary N) is 1. The van der Waals surface area contributed by atoms with E-state index in [1.165, 1.54) is 12.1 Å². The van der Waals surface area contributed by atoms with Crippen LogP contribution in [-0.4, -0.2) is 16.8 Å². The standard InChI is InChI=1S/C23H19F2N3O4S/c1-11-4-3-5-13(8-11)31-10-14-6-7-16(32-14)22(30)28-18-17-12(2)9-15(20(24)25)27-23(17)33-19(18)21(26)29/h3-9,20H,10H2,1-2H3,(H2,26,29)(H,28,30). The van der Waals surface area contributed by atoms with Gasteiger partial charge in [-0.1, -0.05) is 12.1 Å². The molecule has 0 atom stereocenters. The number of carbonyl (C=O) groups is 2. The molecule has 0 radical (unpaired) electrons. The fraction of sp³-hybridized carbons (Fsp3) is 0.174. The smallest absolute Gasteiger partial charge is 0.291 e. The number of aromatic nitrogens is 1. The number of thiophene rings is 1. The molecule has 1 aromatic carbocycles. The summed E-state index contributed by atoms with van der Waals surface area (Å²) in [4.78, 5) is 28.9. The molecule has 170 valence electrons. The van der Waals surface area contributed by atoms with Crippen LogP contribution in [0.25, 0.3) is 10.2 Å². The number of pyridine rings is 1. The molecule has 0 aliphatic heterocycles. The lowest BCUT2D eigenvalue weighted by Crippen LogP contribution is -2.16. The van der Waals surface area contributed by atoms with Gasteiger partial charge in [0.1, 0.15) is 33.5 Å². The van der Waals surface area contributed by atoms with E-state index in [0.717, 1.165) is 16.9 Å². The number of nitrogens with two attached hydrogens (primary N) is 1. The molecule has 4 rings (SSSR count). The third-order valence-corrected chi connectivity index (χ3v) is 5.92. The lowest BCUT2D eigenvalue weighted by Gasteiger charge is -2.07. The number of amides is 2. The highest BCUT2D eigenvalue weighted by Crippen LogP contribution is 2.38. The highest BCUT2D eigenvalue weighted by atomic mass is 32.1. The Hall–Kier alpha value is -3.79. The summed E-state index contributed by atoms with van der Waals surface area (Å²) in [6.07, 6.45) is -2.77. The van der Waals surface area contributed by atoms with Crippen LogP contribution in [0.15, 0.2) is 46.9 Å². The van der Waals surface area contributed by atoms with Gasteiger partial charge in [0.25, 0.3) is 18.2 Å². The molecule has 7 nitrogen and oxygen atoms in total. The van der Waals surface area contributed by atoms with Crippen LogP contribution in [0.4, 0.5) is 14.5 Å². The molecule has 0 spiro atoms. The van der Waals surface area contributed by atoms with Crippen molar-refractivity contribution >= 4 is 39.1 Å². The molecule has 0 bridgehead atoms. The number of nitrogens with zero attached hydrogens (tertiary/aromatic N) is 1. The molecule has 2 amide bonds. The molecule has 0 unspecified atom stereocenters. The van der Waals surface area contributed by atoms with Crippen LogP contribution >= 0.6 is 11.3 Å². The molecule has 3 heterocycles. The maximum absolute atomic E-state index is 13.1. The van der Waals surface area contributed by atoms with E-state index in [1.54, 1.807) is 13.0 Å². The molecule has 0 aliphatic rings. The Bertz CT molecular complexity index is 1360. The summed E-state index contributed by atoms with van der Waals surface area (Å²) >= 11 is 0.843. The van der Waals surface area contributed by atoms with Gasteiger partial charge in [0.2, 0.25) is 0 Å². The van der Waals surface area contributed by atoms with Crippen LogP contribution in [0.3, 0.4) is 0 Å². The van der Waals surface area contributed by atoms with E-state index in [2.05, 4.69) is 10.3 Å². The summed E-state index contributed by atoms with van der Waals surface area (Å²) in [6, 6.07) is 11.8. The van der Waals surface area contributed by atoms with Crippen molar-refractivity contribution in [2.45, 2.75) is 26.9 Å². The van der Waals surface area contributed by atoms with Crippen LogP contribution in [-0.2, 0) is 6.61 Å². The summed E-state index contributed by atoms with van der Waals surface area (Å²) in [5.74, 6) is -0.359. The van der Waals surface area contributed by atoms with Crippen LogP contribution in [0, 0.1) is 13.8 Å². The number of rotatable bonds is 7. The van der Waals surface area contributed by atoms with Crippen molar-refractivity contribution < 1.29 is 27.5 Å². The first-order valence-corrected chi connectivity index (χ1v) is 10.7. The van der Waals surface area contributed by atoms with Crippen molar-refractivity contribution in [2.75, 3.05) is 5.32 Å². The van der Waals surface area contributed by atoms with Gasteiger partial charge in [0.05, 0.1) is 5.69 Å². The minimum Gasteiger partial charge on any atom is -0.486 e. The second-order valence-corrected chi connectivity index (χ2v) is 8.34. The molecule has 0 aliphatic carbocycles. The summed E-state index contributed by atoms with van der Waals surface area (Å²) in [6.45, 7) is 3.66. The van der Waals surface area contributed by atoms with E-state index in [9.17, 15) is 18.4 Å². The zero-order valence-electron chi connectivity index (χ0n) is 17.6. The Morgan fingerprint density at radius 1 is 1.21 bits per heavy atom. The van der Waals surface area contributed by atoms with Gasteiger partial charge in [-0.05, 0) is 55.3 Å². The van der Waals surface area contributed by atoms with Crippen LogP contribution < -0.4 is 15.8 Å². The van der Waals surface area contributed by atoms with Gasteiger partial charge in [-0.3, -0.25) is 9.59 Å². The van der Waals surface area contributed by atoms with Crippen LogP contribution in [0.2, 0.25) is 0 Å². The molecular formula is C23H19F2N3O4S. The fourth-order valence-corrected chi connectivity index (χ4v) is 4.39. The monoisotopic (exact) mass is 471 g/mol. The molecule has 4 aromatic rings. The Labute approximate surface area is 191 Å². The van der Waals surface area contributed by atoms with E-state index in [-0.39, 0.29) is 27.8 Å². The number of halogens is 2. The Kier molecular flexibility index (Phi) is 6.10. The predicted molar refractivity (Wildman–Crippen MR) is 120 cm³/mol. The fourth-order valence-electron chi connectivity index (χ4n) is 3.32.